The molecule has 0 aliphatic carbocycles. The van der Waals surface area contributed by atoms with Gasteiger partial charge in [0.25, 0.3) is 0 Å². The fourth-order valence-electron chi connectivity index (χ4n) is 5.98. The summed E-state index contributed by atoms with van der Waals surface area (Å²) in [5, 5.41) is 43.0. The van der Waals surface area contributed by atoms with E-state index in [9.17, 15) is 34.8 Å². The molecule has 1 unspecified atom stereocenters. The molecule has 4 heterocycles. The minimum Gasteiger partial charge on any atom is -0.471 e. The molecule has 4 aliphatic rings. The number of anilines is 1. The van der Waals surface area contributed by atoms with Gasteiger partial charge in [0, 0.05) is 17.5 Å². The zero-order valence-corrected chi connectivity index (χ0v) is 21.5. The van der Waals surface area contributed by atoms with Crippen LogP contribution in [0.2, 0.25) is 0 Å². The van der Waals surface area contributed by atoms with Crippen LogP contribution in [-0.4, -0.2) is 95.1 Å². The number of nitrogens with one attached hydrogen (secondary N) is 1. The summed E-state index contributed by atoms with van der Waals surface area (Å²) in [6.07, 6.45) is -7.58. The maximum atomic E-state index is 13.3. The number of methoxy groups -OCH3 is 1. The minimum absolute atomic E-state index is 0.0248. The molecule has 1 aromatic rings. The van der Waals surface area contributed by atoms with Crippen LogP contribution in [0.5, 0.6) is 0 Å². The summed E-state index contributed by atoms with van der Waals surface area (Å²) in [7, 11) is 1.19. The van der Waals surface area contributed by atoms with E-state index in [2.05, 4.69) is 11.9 Å². The third kappa shape index (κ3) is 4.48. The Balaban J connectivity index is 1.46. The van der Waals surface area contributed by atoms with Gasteiger partial charge in [-0.05, 0) is 18.1 Å². The number of esters is 2. The van der Waals surface area contributed by atoms with Gasteiger partial charge in [0.15, 0.2) is 6.29 Å². The number of carbonyl (C=O) groups is 3. The summed E-state index contributed by atoms with van der Waals surface area (Å²) in [5.74, 6) is -3.33. The lowest BCUT2D eigenvalue weighted by atomic mass is 9.70. The monoisotopic (exact) mass is 561 g/mol. The molecule has 5 N–H and O–H groups in total. The maximum absolute atomic E-state index is 13.3. The van der Waals surface area contributed by atoms with Crippen LogP contribution in [0.1, 0.15) is 18.4 Å². The van der Waals surface area contributed by atoms with Crippen molar-refractivity contribution in [3.8, 4) is 0 Å². The minimum atomic E-state index is -1.70. The van der Waals surface area contributed by atoms with Crippen molar-refractivity contribution in [1.29, 1.82) is 0 Å². The van der Waals surface area contributed by atoms with E-state index in [1.807, 2.05) is 0 Å². The molecule has 2 fully saturated rings. The molecular formula is C27H31NO12. The van der Waals surface area contributed by atoms with Crippen LogP contribution < -0.4 is 5.32 Å². The lowest BCUT2D eigenvalue weighted by Crippen LogP contribution is -2.60. The largest absolute Gasteiger partial charge is 0.471 e. The second kappa shape index (κ2) is 10.9. The molecule has 40 heavy (non-hydrogen) atoms. The molecule has 1 aromatic carbocycles. The number of aliphatic hydroxyl groups is 4. The molecule has 0 radical (unpaired) electrons. The standard InChI is InChI=1S/C27H31NO12/c1-3-12-13(8-18-27(9-19(30)39-18)15-6-4-5-7-16(15)28-26(27)35)14(23(34)36-2)11-37-24(12)40-25-22(33)21(32)20(31)17(10-29)38-25/h3-7,11-13,17-18,20-22,24-25,29,31-33H,1,8-10H2,2H3,(H,28,35)/t12-,13+,17-,18?,20-,21+,22-,24+,25+,27+/m1/s1. The highest BCUT2D eigenvalue weighted by Crippen LogP contribution is 2.51. The van der Waals surface area contributed by atoms with E-state index < -0.39 is 84.8 Å². The number of hydrogen-bond donors (Lipinski definition) is 5. The number of carbonyl (C=O) groups excluding carboxylic acids is 3. The van der Waals surface area contributed by atoms with E-state index in [-0.39, 0.29) is 18.4 Å². The summed E-state index contributed by atoms with van der Waals surface area (Å²) in [6.45, 7) is 3.19. The first-order valence-electron chi connectivity index (χ1n) is 12.8. The number of aliphatic hydroxyl groups excluding tert-OH is 4. The van der Waals surface area contributed by atoms with Crippen molar-refractivity contribution in [2.45, 2.75) is 61.4 Å². The molecule has 13 heteroatoms. The number of amides is 1. The summed E-state index contributed by atoms with van der Waals surface area (Å²) in [4.78, 5) is 38.7. The molecule has 216 valence electrons. The van der Waals surface area contributed by atoms with Gasteiger partial charge in [-0.3, -0.25) is 9.59 Å². The van der Waals surface area contributed by atoms with Crippen molar-refractivity contribution in [3.05, 3.63) is 54.3 Å². The highest BCUT2D eigenvalue weighted by atomic mass is 16.8. The second-order valence-corrected chi connectivity index (χ2v) is 10.2. The Hall–Kier alpha value is -3.33. The third-order valence-electron chi connectivity index (χ3n) is 8.09. The lowest BCUT2D eigenvalue weighted by molar-refractivity contribution is -0.339. The molecule has 0 aromatic heterocycles. The van der Waals surface area contributed by atoms with Gasteiger partial charge < -0.3 is 49.4 Å². The molecule has 10 atom stereocenters. The highest BCUT2D eigenvalue weighted by molar-refractivity contribution is 6.09. The van der Waals surface area contributed by atoms with E-state index in [1.165, 1.54) is 13.2 Å². The van der Waals surface area contributed by atoms with E-state index in [0.29, 0.717) is 11.3 Å². The van der Waals surface area contributed by atoms with E-state index in [0.717, 1.165) is 6.26 Å². The van der Waals surface area contributed by atoms with Gasteiger partial charge in [0.1, 0.15) is 35.9 Å². The lowest BCUT2D eigenvalue weighted by Gasteiger charge is -2.43. The fraction of sp³-hybridized carbons (Fsp3) is 0.519. The van der Waals surface area contributed by atoms with Crippen molar-refractivity contribution in [2.24, 2.45) is 11.8 Å². The molecule has 2 saturated heterocycles. The van der Waals surface area contributed by atoms with Crippen molar-refractivity contribution in [3.63, 3.8) is 0 Å². The molecule has 1 spiro atoms. The van der Waals surface area contributed by atoms with Gasteiger partial charge in [-0.15, -0.1) is 6.58 Å². The second-order valence-electron chi connectivity index (χ2n) is 10.2. The number of benzene rings is 1. The average molecular weight is 562 g/mol. The van der Waals surface area contributed by atoms with E-state index in [4.69, 9.17) is 23.7 Å². The van der Waals surface area contributed by atoms with Crippen LogP contribution in [-0.2, 0) is 43.5 Å². The van der Waals surface area contributed by atoms with Crippen molar-refractivity contribution in [2.75, 3.05) is 19.0 Å². The molecular weight excluding hydrogens is 530 g/mol. The van der Waals surface area contributed by atoms with Gasteiger partial charge in [0.2, 0.25) is 12.2 Å². The molecule has 0 bridgehead atoms. The summed E-state index contributed by atoms with van der Waals surface area (Å²) in [6, 6.07) is 6.99. The summed E-state index contributed by atoms with van der Waals surface area (Å²) >= 11 is 0. The first kappa shape index (κ1) is 28.2. The van der Waals surface area contributed by atoms with Crippen LogP contribution >= 0.6 is 0 Å². The quantitative estimate of drug-likeness (QED) is 0.207. The molecule has 0 saturated carbocycles. The first-order chi connectivity index (χ1) is 19.2. The topological polar surface area (TPSA) is 190 Å². The number of hydrogen-bond acceptors (Lipinski definition) is 12. The van der Waals surface area contributed by atoms with Gasteiger partial charge >= 0.3 is 11.9 Å². The molecule has 1 amide bonds. The molecule has 4 aliphatic heterocycles. The normalized spacial score (nSPS) is 38.6. The Morgan fingerprint density at radius 3 is 2.62 bits per heavy atom. The smallest absolute Gasteiger partial charge is 0.337 e. The average Bonchev–Trinajstić information content (AvgIpc) is 3.43. The van der Waals surface area contributed by atoms with Crippen molar-refractivity contribution >= 4 is 23.5 Å². The summed E-state index contributed by atoms with van der Waals surface area (Å²) < 4.78 is 27.6. The van der Waals surface area contributed by atoms with Crippen molar-refractivity contribution < 1.29 is 58.5 Å². The maximum Gasteiger partial charge on any atom is 0.337 e. The van der Waals surface area contributed by atoms with E-state index in [1.54, 1.807) is 24.3 Å². The van der Waals surface area contributed by atoms with Crippen molar-refractivity contribution in [1.82, 2.24) is 0 Å². The predicted molar refractivity (Wildman–Crippen MR) is 133 cm³/mol. The predicted octanol–water partition coefficient (Wildman–Crippen LogP) is -0.770. The zero-order valence-electron chi connectivity index (χ0n) is 21.5. The number of ether oxygens (including phenoxy) is 5. The Morgan fingerprint density at radius 1 is 1.18 bits per heavy atom. The van der Waals surface area contributed by atoms with Gasteiger partial charge in [-0.2, -0.15) is 0 Å². The van der Waals surface area contributed by atoms with Crippen LogP contribution in [0.15, 0.2) is 48.8 Å². The Kier molecular flexibility index (Phi) is 7.70. The van der Waals surface area contributed by atoms with Gasteiger partial charge in [-0.25, -0.2) is 4.79 Å². The molecule has 13 nitrogen and oxygen atoms in total. The Morgan fingerprint density at radius 2 is 1.93 bits per heavy atom. The highest BCUT2D eigenvalue weighted by Gasteiger charge is 2.61. The number of para-hydroxylation sites is 1. The SMILES string of the molecule is C=C[C@H]1[C@H](O[C@@H]2O[C@H](CO)[C@@H](O)[C@H](O)[C@H]2O)OC=C(C(=O)OC)[C@H]1CC1OC(=O)C[C@@]12C(=O)Nc1ccccc12. The number of rotatable bonds is 7. The van der Waals surface area contributed by atoms with Crippen LogP contribution in [0.4, 0.5) is 5.69 Å². The fourth-order valence-corrected chi connectivity index (χ4v) is 5.98. The number of fused-ring (bicyclic) bond motifs is 2. The van der Waals surface area contributed by atoms with Crippen LogP contribution in [0, 0.1) is 11.8 Å². The van der Waals surface area contributed by atoms with Crippen LogP contribution in [0.25, 0.3) is 0 Å². The van der Waals surface area contributed by atoms with Gasteiger partial charge in [0.05, 0.1) is 32.0 Å². The molecule has 5 rings (SSSR count). The third-order valence-corrected chi connectivity index (χ3v) is 8.09. The first-order valence-corrected chi connectivity index (χ1v) is 12.8. The Labute approximate surface area is 228 Å². The van der Waals surface area contributed by atoms with Gasteiger partial charge in [-0.1, -0.05) is 24.3 Å². The summed E-state index contributed by atoms with van der Waals surface area (Å²) in [5.41, 5.74) is -0.0794. The number of cyclic esters (lactones) is 1. The zero-order chi connectivity index (χ0) is 28.8. The van der Waals surface area contributed by atoms with E-state index >= 15 is 0 Å². The van der Waals surface area contributed by atoms with Crippen LogP contribution in [0.3, 0.4) is 0 Å². The Bertz CT molecular complexity index is 1220.